The first-order chi connectivity index (χ1) is 9.88. The maximum absolute atomic E-state index is 13.0. The quantitative estimate of drug-likeness (QED) is 0.844. The number of hydrogen-bond acceptors (Lipinski definition) is 3. The molecule has 0 aromatic carbocycles. The molecule has 1 fully saturated rings. The number of piperidine rings is 1. The number of aromatic nitrogens is 3. The summed E-state index contributed by atoms with van der Waals surface area (Å²) in [5, 5.41) is 6.89. The normalized spacial score (nSPS) is 17.5. The fourth-order valence-corrected chi connectivity index (χ4v) is 2.86. The zero-order valence-corrected chi connectivity index (χ0v) is 11.4. The van der Waals surface area contributed by atoms with E-state index in [-0.39, 0.29) is 17.1 Å². The molecule has 5 nitrogen and oxygen atoms in total. The molecule has 2 N–H and O–H groups in total. The summed E-state index contributed by atoms with van der Waals surface area (Å²) in [5.41, 5.74) is -0.708. The summed E-state index contributed by atoms with van der Waals surface area (Å²) in [6.45, 7) is 2.89. The van der Waals surface area contributed by atoms with Crippen molar-refractivity contribution in [3.05, 3.63) is 33.4 Å². The number of halogens is 3. The molecule has 1 aliphatic rings. The first-order valence-corrected chi connectivity index (χ1v) is 6.78. The van der Waals surface area contributed by atoms with Gasteiger partial charge >= 0.3 is 6.18 Å². The highest BCUT2D eigenvalue weighted by atomic mass is 19.4. The second-order valence-corrected chi connectivity index (χ2v) is 5.31. The lowest BCUT2D eigenvalue weighted by Crippen LogP contribution is -2.28. The third kappa shape index (κ3) is 2.44. The van der Waals surface area contributed by atoms with Crippen molar-refractivity contribution in [1.82, 2.24) is 19.9 Å². The fourth-order valence-electron chi connectivity index (χ4n) is 2.86. The van der Waals surface area contributed by atoms with E-state index >= 15 is 0 Å². The van der Waals surface area contributed by atoms with Gasteiger partial charge in [-0.1, -0.05) is 0 Å². The van der Waals surface area contributed by atoms with E-state index in [1.165, 1.54) is 17.5 Å². The van der Waals surface area contributed by atoms with Crippen molar-refractivity contribution in [2.45, 2.75) is 31.9 Å². The highest BCUT2D eigenvalue weighted by Gasteiger charge is 2.37. The van der Waals surface area contributed by atoms with Crippen molar-refractivity contribution < 1.29 is 13.2 Å². The van der Waals surface area contributed by atoms with Gasteiger partial charge in [0.05, 0.1) is 5.69 Å². The van der Waals surface area contributed by atoms with Gasteiger partial charge in [-0.15, -0.1) is 0 Å². The van der Waals surface area contributed by atoms with Gasteiger partial charge < -0.3 is 10.3 Å². The van der Waals surface area contributed by atoms with Gasteiger partial charge in [0.25, 0.3) is 5.56 Å². The molecule has 0 atom stereocenters. The van der Waals surface area contributed by atoms with Crippen LogP contribution in [0, 0.1) is 6.92 Å². The minimum Gasteiger partial charge on any atom is -0.317 e. The van der Waals surface area contributed by atoms with Crippen molar-refractivity contribution in [1.29, 1.82) is 0 Å². The second kappa shape index (κ2) is 4.87. The van der Waals surface area contributed by atoms with Crippen LogP contribution in [0.15, 0.2) is 10.9 Å². The number of rotatable bonds is 1. The summed E-state index contributed by atoms with van der Waals surface area (Å²) < 4.78 is 40.2. The molecule has 0 amide bonds. The Hall–Kier alpha value is -1.83. The molecule has 2 aromatic heterocycles. The summed E-state index contributed by atoms with van der Waals surface area (Å²) in [7, 11) is 0. The van der Waals surface area contributed by atoms with E-state index in [1.807, 2.05) is 0 Å². The van der Waals surface area contributed by atoms with Crippen LogP contribution in [0.2, 0.25) is 0 Å². The lowest BCUT2D eigenvalue weighted by atomic mass is 9.94. The lowest BCUT2D eigenvalue weighted by molar-refractivity contribution is -0.141. The van der Waals surface area contributed by atoms with Gasteiger partial charge in [0.1, 0.15) is 5.65 Å². The van der Waals surface area contributed by atoms with Gasteiger partial charge in [-0.05, 0) is 32.9 Å². The van der Waals surface area contributed by atoms with Crippen LogP contribution >= 0.6 is 0 Å². The number of nitrogens with one attached hydrogen (secondary N) is 2. The molecule has 0 radical (unpaired) electrons. The maximum atomic E-state index is 13.0. The molecule has 8 heteroatoms. The summed E-state index contributed by atoms with van der Waals surface area (Å²) in [4.78, 5) is 14.2. The van der Waals surface area contributed by atoms with Crippen LogP contribution in [0.25, 0.3) is 5.65 Å². The van der Waals surface area contributed by atoms with Gasteiger partial charge in [-0.3, -0.25) is 4.79 Å². The number of H-pyrrole nitrogens is 1. The van der Waals surface area contributed by atoms with E-state index in [4.69, 9.17) is 0 Å². The first kappa shape index (κ1) is 14.1. The minimum absolute atomic E-state index is 0.0384. The van der Waals surface area contributed by atoms with Crippen molar-refractivity contribution in [2.24, 2.45) is 0 Å². The summed E-state index contributed by atoms with van der Waals surface area (Å²) >= 11 is 0. The van der Waals surface area contributed by atoms with Gasteiger partial charge in [0.15, 0.2) is 5.69 Å². The molecule has 0 spiro atoms. The van der Waals surface area contributed by atoms with E-state index in [2.05, 4.69) is 15.4 Å². The molecule has 0 unspecified atom stereocenters. The largest absolute Gasteiger partial charge is 0.435 e. The number of fused-ring (bicyclic) bond motifs is 1. The highest BCUT2D eigenvalue weighted by Crippen LogP contribution is 2.33. The number of nitrogens with zero attached hydrogens (tertiary/aromatic N) is 2. The Morgan fingerprint density at radius 1 is 1.33 bits per heavy atom. The first-order valence-electron chi connectivity index (χ1n) is 6.78. The predicted octanol–water partition coefficient (Wildman–Crippen LogP) is 1.82. The van der Waals surface area contributed by atoms with Crippen molar-refractivity contribution in [3.8, 4) is 0 Å². The van der Waals surface area contributed by atoms with E-state index in [1.54, 1.807) is 0 Å². The topological polar surface area (TPSA) is 62.2 Å². The Morgan fingerprint density at radius 2 is 2.00 bits per heavy atom. The lowest BCUT2D eigenvalue weighted by Gasteiger charge is -2.23. The van der Waals surface area contributed by atoms with Crippen LogP contribution in [0.5, 0.6) is 0 Å². The molecule has 0 saturated carbocycles. The molecule has 1 saturated heterocycles. The zero-order chi connectivity index (χ0) is 15.2. The Labute approximate surface area is 118 Å². The fraction of sp³-hybridized carbons (Fsp3) is 0.538. The Morgan fingerprint density at radius 3 is 2.62 bits per heavy atom. The highest BCUT2D eigenvalue weighted by molar-refractivity contribution is 5.50. The van der Waals surface area contributed by atoms with Crippen LogP contribution in [0.3, 0.4) is 0 Å². The number of aryl methyl sites for hydroxylation is 1. The molecule has 3 heterocycles. The standard InChI is InChI=1S/C13H15F3N4O/c1-7-11(13(14,15)16)19-20-9(6-10(21)18-12(7)20)8-2-4-17-5-3-8/h6,8,17H,2-5H2,1H3,(H,18,21). The molecule has 0 bridgehead atoms. The Balaban J connectivity index is 2.22. The number of hydrogen-bond donors (Lipinski definition) is 2. The second-order valence-electron chi connectivity index (χ2n) is 5.31. The van der Waals surface area contributed by atoms with Crippen LogP contribution in [0.1, 0.15) is 35.7 Å². The Bertz CT molecular complexity index is 725. The van der Waals surface area contributed by atoms with E-state index in [0.29, 0.717) is 5.69 Å². The van der Waals surface area contributed by atoms with Gasteiger partial charge in [0.2, 0.25) is 0 Å². The van der Waals surface area contributed by atoms with Gasteiger partial charge in [-0.25, -0.2) is 4.52 Å². The third-order valence-electron chi connectivity index (χ3n) is 3.91. The molecule has 114 valence electrons. The summed E-state index contributed by atoms with van der Waals surface area (Å²) in [6, 6.07) is 1.36. The SMILES string of the molecule is Cc1c(C(F)(F)F)nn2c(C3CCNCC3)cc(=O)[nH]c12. The van der Waals surface area contributed by atoms with Crippen molar-refractivity contribution in [2.75, 3.05) is 13.1 Å². The van der Waals surface area contributed by atoms with Gasteiger partial charge in [-0.2, -0.15) is 18.3 Å². The van der Waals surface area contributed by atoms with Crippen LogP contribution in [0.4, 0.5) is 13.2 Å². The van der Waals surface area contributed by atoms with E-state index < -0.39 is 17.4 Å². The van der Waals surface area contributed by atoms with Crippen LogP contribution < -0.4 is 10.9 Å². The summed E-state index contributed by atoms with van der Waals surface area (Å²) in [5.74, 6) is 0.0384. The predicted molar refractivity (Wildman–Crippen MR) is 70.4 cm³/mol. The molecule has 1 aliphatic heterocycles. The van der Waals surface area contributed by atoms with Crippen molar-refractivity contribution >= 4 is 5.65 Å². The number of aromatic amines is 1. The Kier molecular flexibility index (Phi) is 3.27. The monoisotopic (exact) mass is 300 g/mol. The molecular formula is C13H15F3N4O. The van der Waals surface area contributed by atoms with E-state index in [9.17, 15) is 18.0 Å². The smallest absolute Gasteiger partial charge is 0.317 e. The molecule has 0 aliphatic carbocycles. The zero-order valence-electron chi connectivity index (χ0n) is 11.4. The molecule has 21 heavy (non-hydrogen) atoms. The number of alkyl halides is 3. The van der Waals surface area contributed by atoms with E-state index in [0.717, 1.165) is 25.9 Å². The van der Waals surface area contributed by atoms with Crippen LogP contribution in [-0.2, 0) is 6.18 Å². The molecule has 3 rings (SSSR count). The molecule has 2 aromatic rings. The average molecular weight is 300 g/mol. The third-order valence-corrected chi connectivity index (χ3v) is 3.91. The van der Waals surface area contributed by atoms with Crippen molar-refractivity contribution in [3.63, 3.8) is 0 Å². The summed E-state index contributed by atoms with van der Waals surface area (Å²) in [6.07, 6.45) is -2.98. The minimum atomic E-state index is -4.53. The molecular weight excluding hydrogens is 285 g/mol. The average Bonchev–Trinajstić information content (AvgIpc) is 2.76. The maximum Gasteiger partial charge on any atom is 0.435 e. The van der Waals surface area contributed by atoms with Gasteiger partial charge in [0, 0.05) is 17.5 Å². The van der Waals surface area contributed by atoms with Crippen LogP contribution in [-0.4, -0.2) is 27.7 Å².